The second-order valence-corrected chi connectivity index (χ2v) is 10.4. The minimum absolute atomic E-state index is 0.0771. The first-order chi connectivity index (χ1) is 21.4. The summed E-state index contributed by atoms with van der Waals surface area (Å²) >= 11 is 11.7. The van der Waals surface area contributed by atoms with Gasteiger partial charge in [0.2, 0.25) is 5.91 Å². The molecule has 3 aromatic rings. The molecule has 0 bridgehead atoms. The molecule has 0 aliphatic rings. The molecular formula is C30H28Cl2F7N3O4. The van der Waals surface area contributed by atoms with E-state index in [1.165, 1.54) is 24.3 Å². The lowest BCUT2D eigenvalue weighted by Crippen LogP contribution is -2.46. The number of halogens is 9. The molecule has 0 aliphatic heterocycles. The standard InChI is InChI=1S/C28H22Cl2F7N3O4.C2H6/c1-27(2,28(35,36)37)26(43)38-11-13-3-5-17(29)15(9-13)24(41)39-14-4-8-20(44-12-21(32)33)16(10-14)25(42)40-19-7-6-18(31)22(30)23(19)34;1-2/h3-10,21H,11-12H2,1-2H3,(H,38,43)(H,39,41)(H,40,42);1-2H3. The van der Waals surface area contributed by atoms with Gasteiger partial charge in [0.1, 0.15) is 28.6 Å². The van der Waals surface area contributed by atoms with Crippen LogP contribution in [0, 0.1) is 17.0 Å². The molecule has 0 unspecified atom stereocenters. The van der Waals surface area contributed by atoms with E-state index in [-0.39, 0.29) is 34.1 Å². The summed E-state index contributed by atoms with van der Waals surface area (Å²) in [6.45, 7) is 3.95. The van der Waals surface area contributed by atoms with E-state index in [1.807, 2.05) is 13.8 Å². The van der Waals surface area contributed by atoms with E-state index in [4.69, 9.17) is 27.9 Å². The number of hydrogen-bond acceptors (Lipinski definition) is 4. The summed E-state index contributed by atoms with van der Waals surface area (Å²) in [6.07, 6.45) is -7.73. The van der Waals surface area contributed by atoms with Crippen LogP contribution in [0.5, 0.6) is 5.75 Å². The molecular weight excluding hydrogens is 670 g/mol. The third-order valence-electron chi connectivity index (χ3n) is 6.14. The van der Waals surface area contributed by atoms with Crippen molar-refractivity contribution in [1.82, 2.24) is 5.32 Å². The summed E-state index contributed by atoms with van der Waals surface area (Å²) < 4.78 is 97.8. The molecule has 16 heteroatoms. The highest BCUT2D eigenvalue weighted by molar-refractivity contribution is 6.34. The highest BCUT2D eigenvalue weighted by Crippen LogP contribution is 2.37. The Hall–Kier alpha value is -4.04. The van der Waals surface area contributed by atoms with Crippen molar-refractivity contribution in [2.75, 3.05) is 17.2 Å². The molecule has 0 heterocycles. The largest absolute Gasteiger partial charge is 0.487 e. The van der Waals surface area contributed by atoms with Gasteiger partial charge in [-0.25, -0.2) is 17.6 Å². The fraction of sp³-hybridized carbons (Fsp3) is 0.300. The topological polar surface area (TPSA) is 96.5 Å². The number of ether oxygens (including phenoxy) is 1. The Labute approximate surface area is 269 Å². The van der Waals surface area contributed by atoms with Crippen molar-refractivity contribution in [3.63, 3.8) is 0 Å². The minimum Gasteiger partial charge on any atom is -0.487 e. The second-order valence-electron chi connectivity index (χ2n) is 9.66. The number of nitrogens with one attached hydrogen (secondary N) is 3. The van der Waals surface area contributed by atoms with E-state index in [0.717, 1.165) is 24.3 Å². The van der Waals surface area contributed by atoms with Crippen LogP contribution in [0.4, 0.5) is 42.1 Å². The first-order valence-corrected chi connectivity index (χ1v) is 14.1. The Morgan fingerprint density at radius 2 is 1.50 bits per heavy atom. The van der Waals surface area contributed by atoms with E-state index in [1.54, 1.807) is 0 Å². The second kappa shape index (κ2) is 16.0. The molecule has 3 N–H and O–H groups in total. The molecule has 46 heavy (non-hydrogen) atoms. The Morgan fingerprint density at radius 3 is 2.11 bits per heavy atom. The Bertz CT molecular complexity index is 1580. The Morgan fingerprint density at radius 1 is 0.870 bits per heavy atom. The molecule has 3 rings (SSSR count). The summed E-state index contributed by atoms with van der Waals surface area (Å²) in [4.78, 5) is 38.1. The number of anilines is 2. The highest BCUT2D eigenvalue weighted by Gasteiger charge is 2.52. The molecule has 0 radical (unpaired) electrons. The highest BCUT2D eigenvalue weighted by atomic mass is 35.5. The number of carbonyl (C=O) groups is 3. The summed E-state index contributed by atoms with van der Waals surface area (Å²) in [6, 6.07) is 8.82. The van der Waals surface area contributed by atoms with Gasteiger partial charge in [0, 0.05) is 12.2 Å². The molecule has 0 atom stereocenters. The van der Waals surface area contributed by atoms with Crippen molar-refractivity contribution in [2.45, 2.75) is 46.8 Å². The molecule has 7 nitrogen and oxygen atoms in total. The number of alkyl halides is 5. The average molecular weight is 698 g/mol. The van der Waals surface area contributed by atoms with Crippen LogP contribution in [0.15, 0.2) is 48.5 Å². The van der Waals surface area contributed by atoms with Gasteiger partial charge >= 0.3 is 6.18 Å². The average Bonchev–Trinajstić information content (AvgIpc) is 3.00. The van der Waals surface area contributed by atoms with Crippen molar-refractivity contribution >= 4 is 52.3 Å². The number of amides is 3. The zero-order valence-corrected chi connectivity index (χ0v) is 26.2. The quantitative estimate of drug-likeness (QED) is 0.146. The van der Waals surface area contributed by atoms with Crippen LogP contribution >= 0.6 is 23.2 Å². The van der Waals surface area contributed by atoms with E-state index >= 15 is 0 Å². The summed E-state index contributed by atoms with van der Waals surface area (Å²) in [7, 11) is 0. The predicted octanol–water partition coefficient (Wildman–Crippen LogP) is 8.65. The first-order valence-electron chi connectivity index (χ1n) is 13.4. The SMILES string of the molecule is CC.CC(C)(C(=O)NCc1ccc(Cl)c(C(=O)Nc2ccc(OCC(F)F)c(C(=O)Nc3ccc(F)c(Cl)c3F)c2)c1)C(F)(F)F. The summed E-state index contributed by atoms with van der Waals surface area (Å²) in [5.74, 6) is -6.01. The summed E-state index contributed by atoms with van der Waals surface area (Å²) in [5, 5.41) is 5.73. The van der Waals surface area contributed by atoms with E-state index < -0.39 is 70.3 Å². The van der Waals surface area contributed by atoms with Gasteiger partial charge in [-0.2, -0.15) is 13.2 Å². The van der Waals surface area contributed by atoms with Crippen LogP contribution < -0.4 is 20.7 Å². The molecule has 0 spiro atoms. The van der Waals surface area contributed by atoms with Gasteiger partial charge in [0.15, 0.2) is 5.82 Å². The molecule has 0 fully saturated rings. The fourth-order valence-corrected chi connectivity index (χ4v) is 3.83. The third kappa shape index (κ3) is 9.49. The fourth-order valence-electron chi connectivity index (χ4n) is 3.46. The predicted molar refractivity (Wildman–Crippen MR) is 160 cm³/mol. The Balaban J connectivity index is 0.00000361. The van der Waals surface area contributed by atoms with Crippen LogP contribution in [0.25, 0.3) is 0 Å². The number of carbonyl (C=O) groups excluding carboxylic acids is 3. The number of rotatable bonds is 10. The van der Waals surface area contributed by atoms with Crippen molar-refractivity contribution in [1.29, 1.82) is 0 Å². The van der Waals surface area contributed by atoms with E-state index in [0.29, 0.717) is 13.8 Å². The number of hydrogen-bond donors (Lipinski definition) is 3. The van der Waals surface area contributed by atoms with Crippen molar-refractivity contribution in [3.05, 3.63) is 86.9 Å². The summed E-state index contributed by atoms with van der Waals surface area (Å²) in [5.41, 5.74) is -3.67. The van der Waals surface area contributed by atoms with Gasteiger partial charge in [0.05, 0.1) is 21.8 Å². The van der Waals surface area contributed by atoms with Gasteiger partial charge in [-0.05, 0) is 61.9 Å². The zero-order chi connectivity index (χ0) is 35.0. The molecule has 0 saturated carbocycles. The molecule has 0 saturated heterocycles. The van der Waals surface area contributed by atoms with Gasteiger partial charge < -0.3 is 20.7 Å². The maximum atomic E-state index is 14.4. The molecule has 3 amide bonds. The normalized spacial score (nSPS) is 11.3. The molecule has 250 valence electrons. The maximum absolute atomic E-state index is 14.4. The van der Waals surface area contributed by atoms with Crippen molar-refractivity contribution in [2.24, 2.45) is 5.41 Å². The van der Waals surface area contributed by atoms with Crippen molar-refractivity contribution in [3.8, 4) is 5.75 Å². The zero-order valence-electron chi connectivity index (χ0n) is 24.6. The van der Waals surface area contributed by atoms with Gasteiger partial charge in [-0.15, -0.1) is 0 Å². The van der Waals surface area contributed by atoms with Crippen LogP contribution in [-0.4, -0.2) is 36.9 Å². The van der Waals surface area contributed by atoms with Gasteiger partial charge in [-0.3, -0.25) is 14.4 Å². The van der Waals surface area contributed by atoms with E-state index in [9.17, 15) is 45.1 Å². The first kappa shape index (κ1) is 38.1. The monoisotopic (exact) mass is 697 g/mol. The van der Waals surface area contributed by atoms with Crippen LogP contribution in [0.1, 0.15) is 54.0 Å². The van der Waals surface area contributed by atoms with Crippen LogP contribution in [-0.2, 0) is 11.3 Å². The lowest BCUT2D eigenvalue weighted by molar-refractivity contribution is -0.211. The maximum Gasteiger partial charge on any atom is 0.402 e. The third-order valence-corrected chi connectivity index (χ3v) is 6.81. The minimum atomic E-state index is -4.81. The molecule has 0 aromatic heterocycles. The van der Waals surface area contributed by atoms with Crippen LogP contribution in [0.2, 0.25) is 10.0 Å². The van der Waals surface area contributed by atoms with E-state index in [2.05, 4.69) is 16.0 Å². The van der Waals surface area contributed by atoms with Gasteiger partial charge in [0.25, 0.3) is 18.2 Å². The smallest absolute Gasteiger partial charge is 0.402 e. The molecule has 0 aliphatic carbocycles. The number of benzene rings is 3. The lowest BCUT2D eigenvalue weighted by atomic mass is 9.91. The van der Waals surface area contributed by atoms with Crippen LogP contribution in [0.3, 0.4) is 0 Å². The molecule has 3 aromatic carbocycles. The van der Waals surface area contributed by atoms with Crippen molar-refractivity contribution < 1.29 is 49.9 Å². The van der Waals surface area contributed by atoms with Gasteiger partial charge in [-0.1, -0.05) is 43.1 Å². The lowest BCUT2D eigenvalue weighted by Gasteiger charge is -2.26. The Kier molecular flexibility index (Phi) is 13.3.